The van der Waals surface area contributed by atoms with Crippen LogP contribution in [0.1, 0.15) is 5.56 Å². The van der Waals surface area contributed by atoms with Gasteiger partial charge >= 0.3 is 0 Å². The van der Waals surface area contributed by atoms with Crippen molar-refractivity contribution in [2.75, 3.05) is 24.3 Å². The predicted octanol–water partition coefficient (Wildman–Crippen LogP) is 3.12. The summed E-state index contributed by atoms with van der Waals surface area (Å²) in [5, 5.41) is 13.6. The smallest absolute Gasteiger partial charge is 0.151 e. The molecule has 100 valence electrons. The van der Waals surface area contributed by atoms with Crippen LogP contribution in [0.15, 0.2) is 36.5 Å². The maximum Gasteiger partial charge on any atom is 0.151 e. The zero-order valence-corrected chi connectivity index (χ0v) is 11.6. The molecule has 0 saturated heterocycles. The van der Waals surface area contributed by atoms with Crippen LogP contribution in [0.2, 0.25) is 5.02 Å². The van der Waals surface area contributed by atoms with Crippen LogP contribution in [0.3, 0.4) is 0 Å². The molecule has 0 aliphatic rings. The topological polar surface area (TPSA) is 48.4 Å². The lowest BCUT2D eigenvalue weighted by molar-refractivity contribution is 0.469. The Balaban J connectivity index is 2.17. The van der Waals surface area contributed by atoms with Crippen molar-refractivity contribution < 1.29 is 5.11 Å². The molecule has 0 saturated carbocycles. The molecule has 2 N–H and O–H groups in total. The van der Waals surface area contributed by atoms with Crippen LogP contribution in [0, 0.1) is 0 Å². The molecule has 0 radical (unpaired) electrons. The average Bonchev–Trinajstić information content (AvgIpc) is 2.40. The second kappa shape index (κ2) is 5.80. The Morgan fingerprint density at radius 3 is 2.84 bits per heavy atom. The van der Waals surface area contributed by atoms with Crippen LogP contribution in [-0.2, 0) is 6.54 Å². The van der Waals surface area contributed by atoms with Crippen molar-refractivity contribution in [1.29, 1.82) is 0 Å². The zero-order chi connectivity index (χ0) is 13.8. The SMILES string of the molecule is CN(C)c1ncccc1NCc1cc(Cl)ccc1O. The van der Waals surface area contributed by atoms with Crippen LogP contribution in [-0.4, -0.2) is 24.2 Å². The minimum atomic E-state index is 0.229. The number of hydrogen-bond donors (Lipinski definition) is 2. The van der Waals surface area contributed by atoms with Crippen LogP contribution >= 0.6 is 11.6 Å². The first kappa shape index (κ1) is 13.5. The van der Waals surface area contributed by atoms with Crippen molar-refractivity contribution in [1.82, 2.24) is 4.98 Å². The van der Waals surface area contributed by atoms with Gasteiger partial charge in [0.1, 0.15) is 5.75 Å². The maximum absolute atomic E-state index is 9.77. The Bertz CT molecular complexity index is 572. The molecule has 0 unspecified atom stereocenters. The lowest BCUT2D eigenvalue weighted by Crippen LogP contribution is -2.13. The van der Waals surface area contributed by atoms with Crippen molar-refractivity contribution in [3.8, 4) is 5.75 Å². The average molecular weight is 278 g/mol. The van der Waals surface area contributed by atoms with E-state index < -0.39 is 0 Å². The molecule has 0 atom stereocenters. The summed E-state index contributed by atoms with van der Waals surface area (Å²) in [6.07, 6.45) is 1.75. The summed E-state index contributed by atoms with van der Waals surface area (Å²) in [5.41, 5.74) is 1.66. The number of pyridine rings is 1. The Morgan fingerprint density at radius 2 is 2.11 bits per heavy atom. The maximum atomic E-state index is 9.77. The third-order valence-corrected chi connectivity index (χ3v) is 2.96. The van der Waals surface area contributed by atoms with Gasteiger partial charge in [-0.1, -0.05) is 11.6 Å². The van der Waals surface area contributed by atoms with Crippen molar-refractivity contribution in [3.63, 3.8) is 0 Å². The van der Waals surface area contributed by atoms with E-state index in [0.29, 0.717) is 11.6 Å². The number of rotatable bonds is 4. The third kappa shape index (κ3) is 3.29. The number of hydrogen-bond acceptors (Lipinski definition) is 4. The minimum absolute atomic E-state index is 0.229. The molecule has 0 amide bonds. The summed E-state index contributed by atoms with van der Waals surface area (Å²) in [6, 6.07) is 8.82. The third-order valence-electron chi connectivity index (χ3n) is 2.72. The quantitative estimate of drug-likeness (QED) is 0.901. The number of aromatic nitrogens is 1. The van der Waals surface area contributed by atoms with E-state index in [1.165, 1.54) is 0 Å². The Labute approximate surface area is 117 Å². The van der Waals surface area contributed by atoms with Gasteiger partial charge in [-0.25, -0.2) is 4.98 Å². The largest absolute Gasteiger partial charge is 0.508 e. The standard InChI is InChI=1S/C14H16ClN3O/c1-18(2)14-12(4-3-7-16-14)17-9-10-8-11(15)5-6-13(10)19/h3-8,17,19H,9H2,1-2H3. The highest BCUT2D eigenvalue weighted by Crippen LogP contribution is 2.25. The first-order valence-corrected chi connectivity index (χ1v) is 6.29. The number of halogens is 1. The number of nitrogens with one attached hydrogen (secondary N) is 1. The summed E-state index contributed by atoms with van der Waals surface area (Å²) in [4.78, 5) is 6.24. The second-order valence-corrected chi connectivity index (χ2v) is 4.83. The minimum Gasteiger partial charge on any atom is -0.508 e. The fourth-order valence-electron chi connectivity index (χ4n) is 1.78. The van der Waals surface area contributed by atoms with Crippen molar-refractivity contribution in [3.05, 3.63) is 47.1 Å². The van der Waals surface area contributed by atoms with Gasteiger partial charge in [-0.2, -0.15) is 0 Å². The van der Waals surface area contributed by atoms with Crippen molar-refractivity contribution in [2.24, 2.45) is 0 Å². The summed E-state index contributed by atoms with van der Waals surface area (Å²) in [6.45, 7) is 0.485. The lowest BCUT2D eigenvalue weighted by atomic mass is 10.2. The summed E-state index contributed by atoms with van der Waals surface area (Å²) in [7, 11) is 3.87. The number of phenols is 1. The molecule has 2 aromatic rings. The summed E-state index contributed by atoms with van der Waals surface area (Å²) >= 11 is 5.92. The molecule has 0 spiro atoms. The molecular weight excluding hydrogens is 262 g/mol. The van der Waals surface area contributed by atoms with Gasteiger partial charge in [0.2, 0.25) is 0 Å². The molecule has 0 fully saturated rings. The molecule has 0 aliphatic carbocycles. The molecule has 5 heteroatoms. The predicted molar refractivity (Wildman–Crippen MR) is 79.0 cm³/mol. The van der Waals surface area contributed by atoms with Crippen LogP contribution in [0.4, 0.5) is 11.5 Å². The normalized spacial score (nSPS) is 10.3. The van der Waals surface area contributed by atoms with Gasteiger partial charge in [-0.15, -0.1) is 0 Å². The van der Waals surface area contributed by atoms with Gasteiger partial charge in [-0.3, -0.25) is 0 Å². The van der Waals surface area contributed by atoms with Gasteiger partial charge in [0, 0.05) is 37.4 Å². The highest BCUT2D eigenvalue weighted by Gasteiger charge is 2.07. The molecular formula is C14H16ClN3O. The van der Waals surface area contributed by atoms with E-state index in [2.05, 4.69) is 10.3 Å². The molecule has 1 aromatic heterocycles. The molecule has 2 rings (SSSR count). The first-order chi connectivity index (χ1) is 9.08. The van der Waals surface area contributed by atoms with E-state index in [1.54, 1.807) is 24.4 Å². The van der Waals surface area contributed by atoms with Gasteiger partial charge in [0.05, 0.1) is 5.69 Å². The number of aromatic hydroxyl groups is 1. The monoisotopic (exact) mass is 277 g/mol. The summed E-state index contributed by atoms with van der Waals surface area (Å²) < 4.78 is 0. The molecule has 0 bridgehead atoms. The van der Waals surface area contributed by atoms with Gasteiger partial charge < -0.3 is 15.3 Å². The lowest BCUT2D eigenvalue weighted by Gasteiger charge is -2.17. The van der Waals surface area contributed by atoms with E-state index in [4.69, 9.17) is 11.6 Å². The molecule has 4 nitrogen and oxygen atoms in total. The second-order valence-electron chi connectivity index (χ2n) is 4.40. The van der Waals surface area contributed by atoms with Crippen molar-refractivity contribution in [2.45, 2.75) is 6.54 Å². The number of nitrogens with zero attached hydrogens (tertiary/aromatic N) is 2. The highest BCUT2D eigenvalue weighted by molar-refractivity contribution is 6.30. The van der Waals surface area contributed by atoms with E-state index in [1.807, 2.05) is 31.1 Å². The van der Waals surface area contributed by atoms with Gasteiger partial charge in [0.15, 0.2) is 5.82 Å². The Kier molecular flexibility index (Phi) is 4.12. The van der Waals surface area contributed by atoms with Gasteiger partial charge in [-0.05, 0) is 30.3 Å². The van der Waals surface area contributed by atoms with Crippen LogP contribution in [0.25, 0.3) is 0 Å². The summed E-state index contributed by atoms with van der Waals surface area (Å²) in [5.74, 6) is 1.08. The van der Waals surface area contributed by atoms with E-state index >= 15 is 0 Å². The molecule has 0 aliphatic heterocycles. The van der Waals surface area contributed by atoms with Crippen LogP contribution < -0.4 is 10.2 Å². The molecule has 1 aromatic carbocycles. The number of phenolic OH excluding ortho intramolecular Hbond substituents is 1. The Morgan fingerprint density at radius 1 is 1.32 bits per heavy atom. The number of benzene rings is 1. The first-order valence-electron chi connectivity index (χ1n) is 5.91. The zero-order valence-electron chi connectivity index (χ0n) is 10.9. The van der Waals surface area contributed by atoms with Crippen LogP contribution in [0.5, 0.6) is 5.75 Å². The van der Waals surface area contributed by atoms with Crippen molar-refractivity contribution >= 4 is 23.1 Å². The number of anilines is 2. The van der Waals surface area contributed by atoms with E-state index in [9.17, 15) is 5.11 Å². The highest BCUT2D eigenvalue weighted by atomic mass is 35.5. The fraction of sp³-hybridized carbons (Fsp3) is 0.214. The van der Waals surface area contributed by atoms with E-state index in [-0.39, 0.29) is 5.75 Å². The fourth-order valence-corrected chi connectivity index (χ4v) is 1.97. The van der Waals surface area contributed by atoms with Gasteiger partial charge in [0.25, 0.3) is 0 Å². The Hall–Kier alpha value is -1.94. The van der Waals surface area contributed by atoms with E-state index in [0.717, 1.165) is 17.1 Å². The molecule has 19 heavy (non-hydrogen) atoms. The molecule has 1 heterocycles.